The largest absolute Gasteiger partial charge is 0.462 e. The molecule has 0 unspecified atom stereocenters. The van der Waals surface area contributed by atoms with Crippen LogP contribution in [0.25, 0.3) is 0 Å². The molecule has 4 heteroatoms. The van der Waals surface area contributed by atoms with Crippen molar-refractivity contribution in [2.45, 2.75) is 26.4 Å². The summed E-state index contributed by atoms with van der Waals surface area (Å²) >= 11 is 0. The molecule has 2 heterocycles. The molecule has 0 radical (unpaired) electrons. The van der Waals surface area contributed by atoms with Gasteiger partial charge in [0.05, 0.1) is 0 Å². The summed E-state index contributed by atoms with van der Waals surface area (Å²) in [6, 6.07) is 0. The summed E-state index contributed by atoms with van der Waals surface area (Å²) in [7, 11) is 2.18. The maximum atomic E-state index is 9.60. The zero-order valence-electron chi connectivity index (χ0n) is 10.2. The Bertz CT molecular complexity index is 211. The van der Waals surface area contributed by atoms with Crippen LogP contribution >= 0.6 is 0 Å². The molecular weight excluding hydrogens is 192 g/mol. The molecule has 0 aliphatic carbocycles. The second-order valence-corrected chi connectivity index (χ2v) is 5.60. The van der Waals surface area contributed by atoms with E-state index in [1.54, 1.807) is 0 Å². The van der Waals surface area contributed by atoms with E-state index in [9.17, 15) is 4.79 Å². The molecule has 0 aromatic rings. The van der Waals surface area contributed by atoms with E-state index in [4.69, 9.17) is 0 Å². The van der Waals surface area contributed by atoms with E-state index < -0.39 is 0 Å². The normalized spacial score (nSPS) is 23.2. The number of nitrogens with one attached hydrogen (secondary N) is 1. The Morgan fingerprint density at radius 2 is 1.87 bits per heavy atom. The molecule has 1 spiro atoms. The molecule has 0 aromatic heterocycles. The predicted molar refractivity (Wildman–Crippen MR) is 59.7 cm³/mol. The van der Waals surface area contributed by atoms with Gasteiger partial charge >= 0.3 is 0 Å². The van der Waals surface area contributed by atoms with Gasteiger partial charge in [-0.15, -0.1) is 0 Å². The second-order valence-electron chi connectivity index (χ2n) is 5.60. The minimum atomic E-state index is -0.318. The quantitative estimate of drug-likeness (QED) is 0.645. The van der Waals surface area contributed by atoms with Crippen molar-refractivity contribution in [2.24, 2.45) is 5.41 Å². The summed E-state index contributed by atoms with van der Waals surface area (Å²) in [5.41, 5.74) is 0.413. The summed E-state index contributed by atoms with van der Waals surface area (Å²) in [6.07, 6.45) is 0. The summed E-state index contributed by atoms with van der Waals surface area (Å²) in [6.45, 7) is 11.1. The van der Waals surface area contributed by atoms with Crippen LogP contribution < -0.4 is 5.32 Å². The predicted octanol–water partition coefficient (Wildman–Crippen LogP) is 0.479. The van der Waals surface area contributed by atoms with Gasteiger partial charge in [0.1, 0.15) is 5.60 Å². The van der Waals surface area contributed by atoms with Crippen molar-refractivity contribution in [3.8, 4) is 0 Å². The molecule has 0 bridgehead atoms. The zero-order valence-corrected chi connectivity index (χ0v) is 10.2. The third-order valence-corrected chi connectivity index (χ3v) is 2.61. The van der Waals surface area contributed by atoms with Crippen molar-refractivity contribution in [3.05, 3.63) is 0 Å². The van der Waals surface area contributed by atoms with Gasteiger partial charge < -0.3 is 15.0 Å². The fraction of sp³-hybridized carbons (Fsp3) is 0.909. The highest BCUT2D eigenvalue weighted by molar-refractivity contribution is 5.37. The summed E-state index contributed by atoms with van der Waals surface area (Å²) in [5.74, 6) is 0. The molecule has 88 valence electrons. The van der Waals surface area contributed by atoms with Crippen LogP contribution in [0.5, 0.6) is 0 Å². The average molecular weight is 214 g/mol. The van der Waals surface area contributed by atoms with E-state index in [1.807, 2.05) is 20.8 Å². The number of hydrogen-bond donors (Lipinski definition) is 1. The van der Waals surface area contributed by atoms with Gasteiger partial charge in [-0.2, -0.15) is 0 Å². The lowest BCUT2D eigenvalue weighted by atomic mass is 9.75. The van der Waals surface area contributed by atoms with Crippen LogP contribution in [0.15, 0.2) is 0 Å². The molecule has 0 amide bonds. The molecular formula is C11H22N2O2. The highest BCUT2D eigenvalue weighted by Gasteiger charge is 2.45. The monoisotopic (exact) mass is 214 g/mol. The first-order valence-electron chi connectivity index (χ1n) is 5.38. The zero-order chi connectivity index (χ0) is 11.5. The number of hydrogen-bond acceptors (Lipinski definition) is 4. The van der Waals surface area contributed by atoms with E-state index >= 15 is 0 Å². The number of ether oxygens (including phenoxy) is 1. The van der Waals surface area contributed by atoms with Crippen molar-refractivity contribution < 1.29 is 9.53 Å². The van der Waals surface area contributed by atoms with Crippen molar-refractivity contribution in [2.75, 3.05) is 33.2 Å². The number of likely N-dealkylation sites (tertiary alicyclic amines) is 1. The van der Waals surface area contributed by atoms with Gasteiger partial charge in [-0.25, -0.2) is 0 Å². The van der Waals surface area contributed by atoms with Gasteiger partial charge in [-0.3, -0.25) is 4.79 Å². The summed E-state index contributed by atoms with van der Waals surface area (Å²) in [5, 5.41) is 3.30. The Kier molecular flexibility index (Phi) is 3.73. The lowest BCUT2D eigenvalue weighted by Gasteiger charge is -2.55. The topological polar surface area (TPSA) is 41.6 Å². The van der Waals surface area contributed by atoms with Crippen LogP contribution in [0.1, 0.15) is 20.8 Å². The van der Waals surface area contributed by atoms with Crippen molar-refractivity contribution in [1.82, 2.24) is 10.2 Å². The molecule has 2 saturated heterocycles. The number of rotatable bonds is 1. The fourth-order valence-corrected chi connectivity index (χ4v) is 1.95. The molecule has 1 N–H and O–H groups in total. The van der Waals surface area contributed by atoms with E-state index in [2.05, 4.69) is 22.0 Å². The summed E-state index contributed by atoms with van der Waals surface area (Å²) < 4.78 is 4.55. The number of carbonyl (C=O) groups is 1. The fourth-order valence-electron chi connectivity index (χ4n) is 1.95. The first-order chi connectivity index (χ1) is 6.87. The maximum Gasteiger partial charge on any atom is 0.293 e. The van der Waals surface area contributed by atoms with Gasteiger partial charge in [0.2, 0.25) is 0 Å². The Balaban J connectivity index is 0.000000153. The number of carbonyl (C=O) groups excluding carboxylic acids is 1. The van der Waals surface area contributed by atoms with Crippen molar-refractivity contribution >= 4 is 6.47 Å². The van der Waals surface area contributed by atoms with Crippen molar-refractivity contribution in [1.29, 1.82) is 0 Å². The Morgan fingerprint density at radius 3 is 1.93 bits per heavy atom. The molecule has 0 saturated carbocycles. The van der Waals surface area contributed by atoms with E-state index in [0.717, 1.165) is 5.41 Å². The lowest BCUT2D eigenvalue weighted by Crippen LogP contribution is -2.69. The molecule has 0 aromatic carbocycles. The minimum absolute atomic E-state index is 0.318. The van der Waals surface area contributed by atoms with Crippen LogP contribution in [-0.4, -0.2) is 50.2 Å². The third-order valence-electron chi connectivity index (χ3n) is 2.61. The molecule has 2 fully saturated rings. The maximum absolute atomic E-state index is 9.60. The smallest absolute Gasteiger partial charge is 0.293 e. The lowest BCUT2D eigenvalue weighted by molar-refractivity contribution is -0.138. The Morgan fingerprint density at radius 1 is 1.33 bits per heavy atom. The van der Waals surface area contributed by atoms with Crippen LogP contribution in [0.2, 0.25) is 0 Å². The number of nitrogens with zero attached hydrogens (tertiary/aromatic N) is 1. The molecule has 2 rings (SSSR count). The van der Waals surface area contributed by atoms with E-state index in [1.165, 1.54) is 26.2 Å². The van der Waals surface area contributed by atoms with Gasteiger partial charge in [0, 0.05) is 31.6 Å². The molecule has 15 heavy (non-hydrogen) atoms. The third kappa shape index (κ3) is 3.80. The highest BCUT2D eigenvalue weighted by atomic mass is 16.5. The molecule has 0 atom stereocenters. The van der Waals surface area contributed by atoms with Crippen molar-refractivity contribution in [3.63, 3.8) is 0 Å². The first kappa shape index (κ1) is 12.5. The van der Waals surface area contributed by atoms with E-state index in [-0.39, 0.29) is 5.60 Å². The van der Waals surface area contributed by atoms with Gasteiger partial charge in [0.15, 0.2) is 0 Å². The van der Waals surface area contributed by atoms with Crippen LogP contribution in [0.3, 0.4) is 0 Å². The average Bonchev–Trinajstić information content (AvgIpc) is 1.93. The molecule has 2 aliphatic rings. The Hall–Kier alpha value is -0.610. The molecule has 2 aliphatic heterocycles. The van der Waals surface area contributed by atoms with Crippen LogP contribution in [0, 0.1) is 5.41 Å². The van der Waals surface area contributed by atoms with Crippen LogP contribution in [-0.2, 0) is 9.53 Å². The standard InChI is InChI=1S/C6H12N2.C5H10O2/c1-8-4-6(5-8)2-7-3-6;1-5(2,3)7-4-6/h7H,2-5H2,1H3;4H,1-3H3. The Labute approximate surface area is 92.0 Å². The van der Waals surface area contributed by atoms with Gasteiger partial charge in [-0.05, 0) is 27.8 Å². The first-order valence-corrected chi connectivity index (χ1v) is 5.38. The minimum Gasteiger partial charge on any atom is -0.462 e. The SMILES string of the molecule is CC(C)(C)OC=O.CN1CC2(CNC2)C1. The summed E-state index contributed by atoms with van der Waals surface area (Å²) in [4.78, 5) is 12.0. The van der Waals surface area contributed by atoms with E-state index in [0.29, 0.717) is 6.47 Å². The second kappa shape index (κ2) is 4.49. The highest BCUT2D eigenvalue weighted by Crippen LogP contribution is 2.32. The van der Waals surface area contributed by atoms with Gasteiger partial charge in [-0.1, -0.05) is 0 Å². The van der Waals surface area contributed by atoms with Gasteiger partial charge in [0.25, 0.3) is 6.47 Å². The van der Waals surface area contributed by atoms with Crippen LogP contribution in [0.4, 0.5) is 0 Å². The molecule has 4 nitrogen and oxygen atoms in total.